The second-order valence-electron chi connectivity index (χ2n) is 4.59. The Kier molecular flexibility index (Phi) is 2.76. The Morgan fingerprint density at radius 3 is 2.84 bits per heavy atom. The summed E-state index contributed by atoms with van der Waals surface area (Å²) in [6, 6.07) is 3.78. The average molecular weight is 294 g/mol. The van der Waals surface area contributed by atoms with Gasteiger partial charge < -0.3 is 11.1 Å². The van der Waals surface area contributed by atoms with E-state index in [4.69, 9.17) is 17.3 Å². The number of aryl methyl sites for hydroxylation is 1. The van der Waals surface area contributed by atoms with Crippen molar-refractivity contribution in [3.63, 3.8) is 0 Å². The molecular formula is C13H12ClN3OS. The van der Waals surface area contributed by atoms with E-state index in [9.17, 15) is 4.79 Å². The molecule has 2 aromatic rings. The van der Waals surface area contributed by atoms with Gasteiger partial charge in [0.25, 0.3) is 0 Å². The van der Waals surface area contributed by atoms with Gasteiger partial charge in [-0.1, -0.05) is 11.6 Å². The molecule has 0 spiro atoms. The van der Waals surface area contributed by atoms with Crippen LogP contribution in [0.3, 0.4) is 0 Å². The van der Waals surface area contributed by atoms with Gasteiger partial charge in [-0.15, -0.1) is 11.3 Å². The molecule has 1 aromatic heterocycles. The molecule has 1 atom stereocenters. The molecule has 0 saturated heterocycles. The fourth-order valence-electron chi connectivity index (χ4n) is 2.30. The standard InChI is InChI=1S/C13H12ClN3OS/c1-5-8-3-7(10-6(2)19-13(15)17-10)4-9(14)11(8)16-12(5)18/h3-5H,1-2H3,(H2,15,17)(H,16,18). The van der Waals surface area contributed by atoms with Gasteiger partial charge in [-0.3, -0.25) is 4.79 Å². The van der Waals surface area contributed by atoms with Crippen molar-refractivity contribution in [2.24, 2.45) is 0 Å². The van der Waals surface area contributed by atoms with E-state index < -0.39 is 0 Å². The summed E-state index contributed by atoms with van der Waals surface area (Å²) in [7, 11) is 0. The van der Waals surface area contributed by atoms with Crippen molar-refractivity contribution in [3.8, 4) is 11.3 Å². The summed E-state index contributed by atoms with van der Waals surface area (Å²) in [5.41, 5.74) is 9.08. The highest BCUT2D eigenvalue weighted by atomic mass is 35.5. The molecule has 2 heterocycles. The van der Waals surface area contributed by atoms with Gasteiger partial charge >= 0.3 is 0 Å². The molecule has 1 aliphatic rings. The monoisotopic (exact) mass is 293 g/mol. The summed E-state index contributed by atoms with van der Waals surface area (Å²) in [5.74, 6) is -0.215. The van der Waals surface area contributed by atoms with Crippen LogP contribution in [0.15, 0.2) is 12.1 Å². The summed E-state index contributed by atoms with van der Waals surface area (Å²) in [4.78, 5) is 17.1. The van der Waals surface area contributed by atoms with Crippen LogP contribution in [-0.2, 0) is 4.79 Å². The van der Waals surface area contributed by atoms with Crippen LogP contribution in [0, 0.1) is 6.92 Å². The maximum absolute atomic E-state index is 11.7. The molecular weight excluding hydrogens is 282 g/mol. The maximum Gasteiger partial charge on any atom is 0.231 e. The van der Waals surface area contributed by atoms with Gasteiger partial charge in [-0.2, -0.15) is 0 Å². The molecule has 1 aromatic carbocycles. The predicted octanol–water partition coefficient (Wildman–Crippen LogP) is 3.41. The van der Waals surface area contributed by atoms with Gasteiger partial charge in [0.15, 0.2) is 5.13 Å². The number of nitrogen functional groups attached to an aromatic ring is 1. The summed E-state index contributed by atoms with van der Waals surface area (Å²) in [6.07, 6.45) is 0. The Hall–Kier alpha value is -1.59. The fraction of sp³-hybridized carbons (Fsp3) is 0.231. The molecule has 0 fully saturated rings. The lowest BCUT2D eigenvalue weighted by Crippen LogP contribution is -2.08. The highest BCUT2D eigenvalue weighted by Gasteiger charge is 2.29. The smallest absolute Gasteiger partial charge is 0.231 e. The Morgan fingerprint density at radius 1 is 1.47 bits per heavy atom. The highest BCUT2D eigenvalue weighted by molar-refractivity contribution is 7.15. The molecule has 3 rings (SSSR count). The number of carbonyl (C=O) groups is 1. The zero-order valence-electron chi connectivity index (χ0n) is 10.5. The van der Waals surface area contributed by atoms with Gasteiger partial charge in [0, 0.05) is 10.4 Å². The van der Waals surface area contributed by atoms with Crippen LogP contribution in [0.5, 0.6) is 0 Å². The Bertz CT molecular complexity index is 695. The number of nitrogens with one attached hydrogen (secondary N) is 1. The van der Waals surface area contributed by atoms with E-state index in [1.54, 1.807) is 0 Å². The topological polar surface area (TPSA) is 68.0 Å². The maximum atomic E-state index is 11.7. The lowest BCUT2D eigenvalue weighted by molar-refractivity contribution is -0.116. The number of anilines is 2. The second kappa shape index (κ2) is 4.21. The van der Waals surface area contributed by atoms with E-state index in [-0.39, 0.29) is 11.8 Å². The normalized spacial score (nSPS) is 17.4. The molecule has 1 unspecified atom stereocenters. The van der Waals surface area contributed by atoms with Crippen molar-refractivity contribution < 1.29 is 4.79 Å². The number of benzene rings is 1. The molecule has 0 radical (unpaired) electrons. The van der Waals surface area contributed by atoms with Crippen molar-refractivity contribution in [1.82, 2.24) is 4.98 Å². The number of halogens is 1. The number of fused-ring (bicyclic) bond motifs is 1. The van der Waals surface area contributed by atoms with E-state index in [0.717, 1.165) is 21.7 Å². The highest BCUT2D eigenvalue weighted by Crippen LogP contribution is 2.41. The SMILES string of the molecule is Cc1sc(N)nc1-c1cc(Cl)c2c(c1)C(C)C(=O)N2. The van der Waals surface area contributed by atoms with Crippen molar-refractivity contribution in [3.05, 3.63) is 27.6 Å². The molecule has 1 amide bonds. The molecule has 0 bridgehead atoms. The molecule has 98 valence electrons. The minimum absolute atomic E-state index is 0.0245. The van der Waals surface area contributed by atoms with Crippen LogP contribution in [0.2, 0.25) is 5.02 Å². The number of aromatic nitrogens is 1. The third-order valence-corrected chi connectivity index (χ3v) is 4.41. The van der Waals surface area contributed by atoms with Crippen LogP contribution in [-0.4, -0.2) is 10.9 Å². The van der Waals surface area contributed by atoms with Crippen molar-refractivity contribution >= 4 is 39.7 Å². The fourth-order valence-corrected chi connectivity index (χ4v) is 3.28. The first-order valence-electron chi connectivity index (χ1n) is 5.85. The van der Waals surface area contributed by atoms with E-state index in [1.807, 2.05) is 26.0 Å². The number of nitrogens with zero attached hydrogens (tertiary/aromatic N) is 1. The van der Waals surface area contributed by atoms with Crippen LogP contribution in [0.25, 0.3) is 11.3 Å². The third kappa shape index (κ3) is 1.89. The van der Waals surface area contributed by atoms with Crippen LogP contribution in [0.4, 0.5) is 10.8 Å². The minimum atomic E-state index is -0.191. The van der Waals surface area contributed by atoms with Crippen LogP contribution >= 0.6 is 22.9 Å². The van der Waals surface area contributed by atoms with E-state index in [2.05, 4.69) is 10.3 Å². The van der Waals surface area contributed by atoms with Gasteiger partial charge in [0.05, 0.1) is 22.3 Å². The zero-order chi connectivity index (χ0) is 13.7. The predicted molar refractivity (Wildman–Crippen MR) is 78.8 cm³/mol. The second-order valence-corrected chi connectivity index (χ2v) is 6.23. The number of amides is 1. The molecule has 6 heteroatoms. The Morgan fingerprint density at radius 2 is 2.21 bits per heavy atom. The van der Waals surface area contributed by atoms with E-state index in [1.165, 1.54) is 11.3 Å². The van der Waals surface area contributed by atoms with Gasteiger partial charge in [0.2, 0.25) is 5.91 Å². The first-order chi connectivity index (χ1) is 8.97. The molecule has 19 heavy (non-hydrogen) atoms. The van der Waals surface area contributed by atoms with Crippen LogP contribution < -0.4 is 11.1 Å². The number of carbonyl (C=O) groups excluding carboxylic acids is 1. The minimum Gasteiger partial charge on any atom is -0.375 e. The number of rotatable bonds is 1. The van der Waals surface area contributed by atoms with Crippen molar-refractivity contribution in [1.29, 1.82) is 0 Å². The summed E-state index contributed by atoms with van der Waals surface area (Å²) < 4.78 is 0. The van der Waals surface area contributed by atoms with E-state index >= 15 is 0 Å². The van der Waals surface area contributed by atoms with Crippen molar-refractivity contribution in [2.75, 3.05) is 11.1 Å². The quantitative estimate of drug-likeness (QED) is 0.846. The van der Waals surface area contributed by atoms with Gasteiger partial charge in [-0.05, 0) is 31.5 Å². The number of thiazole rings is 1. The first kappa shape index (κ1) is 12.4. The van der Waals surface area contributed by atoms with Crippen molar-refractivity contribution in [2.45, 2.75) is 19.8 Å². The Labute approximate surface area is 119 Å². The van der Waals surface area contributed by atoms with Crippen LogP contribution in [0.1, 0.15) is 23.3 Å². The zero-order valence-corrected chi connectivity index (χ0v) is 12.0. The third-order valence-electron chi connectivity index (χ3n) is 3.32. The number of hydrogen-bond acceptors (Lipinski definition) is 4. The largest absolute Gasteiger partial charge is 0.375 e. The average Bonchev–Trinajstić information content (AvgIpc) is 2.82. The van der Waals surface area contributed by atoms with Gasteiger partial charge in [0.1, 0.15) is 0 Å². The summed E-state index contributed by atoms with van der Waals surface area (Å²) in [6.45, 7) is 3.83. The lowest BCUT2D eigenvalue weighted by Gasteiger charge is -2.07. The molecule has 0 saturated carbocycles. The summed E-state index contributed by atoms with van der Waals surface area (Å²) in [5, 5.41) is 3.87. The summed E-state index contributed by atoms with van der Waals surface area (Å²) >= 11 is 7.69. The molecule has 4 nitrogen and oxygen atoms in total. The lowest BCUT2D eigenvalue weighted by atomic mass is 9.99. The molecule has 1 aliphatic heterocycles. The number of nitrogens with two attached hydrogens (primary N) is 1. The van der Waals surface area contributed by atoms with E-state index in [0.29, 0.717) is 15.8 Å². The van der Waals surface area contributed by atoms with Gasteiger partial charge in [-0.25, -0.2) is 4.98 Å². The Balaban J connectivity index is 2.19. The first-order valence-corrected chi connectivity index (χ1v) is 7.04. The molecule has 0 aliphatic carbocycles. The number of hydrogen-bond donors (Lipinski definition) is 2. The molecule has 3 N–H and O–H groups in total.